The zero-order valence-electron chi connectivity index (χ0n) is 19.7. The van der Waals surface area contributed by atoms with Gasteiger partial charge in [0.05, 0.1) is 13.2 Å². The van der Waals surface area contributed by atoms with Crippen LogP contribution in [0.5, 0.6) is 0 Å². The molecule has 2 heterocycles. The Morgan fingerprint density at radius 2 is 1.83 bits per heavy atom. The minimum absolute atomic E-state index is 0.114. The average molecular weight is 479 g/mol. The van der Waals surface area contributed by atoms with Crippen molar-refractivity contribution < 1.29 is 13.9 Å². The Labute approximate surface area is 201 Å². The van der Waals surface area contributed by atoms with Gasteiger partial charge in [0.2, 0.25) is 0 Å². The number of nitrogens with zero attached hydrogens (tertiary/aromatic N) is 5. The van der Waals surface area contributed by atoms with E-state index in [-0.39, 0.29) is 31.1 Å². The molecule has 4 rings (SSSR count). The van der Waals surface area contributed by atoms with E-state index in [9.17, 15) is 14.0 Å². The summed E-state index contributed by atoms with van der Waals surface area (Å²) >= 11 is 0. The molecule has 2 aromatic carbocycles. The lowest BCUT2D eigenvalue weighted by atomic mass is 10.1. The number of esters is 1. The van der Waals surface area contributed by atoms with Gasteiger partial charge in [0.15, 0.2) is 5.82 Å². The van der Waals surface area contributed by atoms with Gasteiger partial charge in [-0.3, -0.25) is 14.5 Å². The molecule has 0 radical (unpaired) electrons. The normalized spacial score (nSPS) is 11.3. The monoisotopic (exact) mass is 478 g/mol. The summed E-state index contributed by atoms with van der Waals surface area (Å²) in [7, 11) is 0. The molecule has 0 saturated heterocycles. The number of pyridine rings is 1. The second-order valence-corrected chi connectivity index (χ2v) is 8.23. The predicted molar refractivity (Wildman–Crippen MR) is 128 cm³/mol. The minimum Gasteiger partial charge on any atom is -0.465 e. The minimum atomic E-state index is -0.441. The molecule has 0 saturated carbocycles. The maximum Gasteiger partial charge on any atom is 0.327 e. The van der Waals surface area contributed by atoms with Crippen LogP contribution in [0.15, 0.2) is 53.3 Å². The number of aryl methyl sites for hydroxylation is 1. The molecule has 4 aromatic rings. The topological polar surface area (TPSA) is 106 Å². The van der Waals surface area contributed by atoms with Gasteiger partial charge in [0.1, 0.15) is 12.4 Å². The van der Waals surface area contributed by atoms with Gasteiger partial charge in [0.25, 0.3) is 5.56 Å². The highest BCUT2D eigenvalue weighted by molar-refractivity contribution is 5.79. The molecule has 1 N–H and O–H groups in total. The molecule has 0 atom stereocenters. The highest BCUT2D eigenvalue weighted by Crippen LogP contribution is 2.17. The third-order valence-electron chi connectivity index (χ3n) is 5.66. The smallest absolute Gasteiger partial charge is 0.327 e. The van der Waals surface area contributed by atoms with Crippen LogP contribution in [-0.4, -0.2) is 42.7 Å². The first-order valence-corrected chi connectivity index (χ1v) is 11.5. The van der Waals surface area contributed by atoms with Crippen molar-refractivity contribution in [3.05, 3.63) is 87.2 Å². The molecule has 0 amide bonds. The lowest BCUT2D eigenvalue weighted by Gasteiger charge is -2.22. The molecule has 0 bridgehead atoms. The van der Waals surface area contributed by atoms with Crippen LogP contribution in [0.25, 0.3) is 10.9 Å². The molecule has 2 aromatic heterocycles. The van der Waals surface area contributed by atoms with E-state index in [2.05, 4.69) is 33.5 Å². The third kappa shape index (κ3) is 6.15. The van der Waals surface area contributed by atoms with Crippen molar-refractivity contribution in [2.24, 2.45) is 0 Å². The van der Waals surface area contributed by atoms with Crippen LogP contribution in [0.3, 0.4) is 0 Å². The third-order valence-corrected chi connectivity index (χ3v) is 5.66. The van der Waals surface area contributed by atoms with Crippen LogP contribution >= 0.6 is 0 Å². The van der Waals surface area contributed by atoms with Crippen LogP contribution in [0.4, 0.5) is 4.39 Å². The standard InChI is InChI=1S/C25H27FN6O3/c1-3-17-7-10-22-19(11-17)12-20(25(34)27-22)14-31(13-18-5-8-21(26)9-6-18)15-23-28-29-30-32(23)16-24(33)35-4-2/h5-12H,3-4,13-16H2,1-2H3,(H,27,34). The van der Waals surface area contributed by atoms with Gasteiger partial charge in [-0.1, -0.05) is 25.1 Å². The number of benzene rings is 2. The van der Waals surface area contributed by atoms with E-state index in [4.69, 9.17) is 4.74 Å². The number of fused-ring (bicyclic) bond motifs is 1. The largest absolute Gasteiger partial charge is 0.465 e. The van der Waals surface area contributed by atoms with E-state index in [0.29, 0.717) is 24.5 Å². The van der Waals surface area contributed by atoms with Crippen molar-refractivity contribution in [2.75, 3.05) is 6.61 Å². The predicted octanol–water partition coefficient (Wildman–Crippen LogP) is 2.98. The van der Waals surface area contributed by atoms with Crippen molar-refractivity contribution >= 4 is 16.9 Å². The SMILES string of the molecule is CCOC(=O)Cn1nnnc1CN(Cc1ccc(F)cc1)Cc1cc2cc(CC)ccc2[nH]c1=O. The van der Waals surface area contributed by atoms with E-state index in [1.807, 2.05) is 23.1 Å². The summed E-state index contributed by atoms with van der Waals surface area (Å²) < 4.78 is 19.8. The Hall–Kier alpha value is -3.92. The van der Waals surface area contributed by atoms with Crippen LogP contribution < -0.4 is 5.56 Å². The van der Waals surface area contributed by atoms with E-state index < -0.39 is 5.97 Å². The number of tetrazole rings is 1. The highest BCUT2D eigenvalue weighted by Gasteiger charge is 2.17. The Morgan fingerprint density at radius 3 is 2.57 bits per heavy atom. The zero-order valence-corrected chi connectivity index (χ0v) is 19.7. The summed E-state index contributed by atoms with van der Waals surface area (Å²) in [5.74, 6) is -0.314. The molecule has 0 spiro atoms. The summed E-state index contributed by atoms with van der Waals surface area (Å²) in [4.78, 5) is 29.8. The summed E-state index contributed by atoms with van der Waals surface area (Å²) in [5, 5.41) is 12.6. The molecule has 182 valence electrons. The number of aromatic nitrogens is 5. The van der Waals surface area contributed by atoms with Gasteiger partial charge in [-0.2, -0.15) is 0 Å². The quantitative estimate of drug-likeness (QED) is 0.349. The van der Waals surface area contributed by atoms with Gasteiger partial charge in [0, 0.05) is 24.2 Å². The average Bonchev–Trinajstić information content (AvgIpc) is 3.27. The summed E-state index contributed by atoms with van der Waals surface area (Å²) in [6.07, 6.45) is 0.893. The molecule has 35 heavy (non-hydrogen) atoms. The van der Waals surface area contributed by atoms with Gasteiger partial charge in [-0.25, -0.2) is 9.07 Å². The fraction of sp³-hybridized carbons (Fsp3) is 0.320. The second-order valence-electron chi connectivity index (χ2n) is 8.23. The molecule has 0 aliphatic carbocycles. The van der Waals surface area contributed by atoms with Crippen molar-refractivity contribution in [1.29, 1.82) is 0 Å². The van der Waals surface area contributed by atoms with Crippen molar-refractivity contribution in [2.45, 2.75) is 46.4 Å². The summed E-state index contributed by atoms with van der Waals surface area (Å²) in [5.41, 5.74) is 3.21. The number of rotatable bonds is 10. The van der Waals surface area contributed by atoms with E-state index in [1.165, 1.54) is 22.4 Å². The highest BCUT2D eigenvalue weighted by atomic mass is 19.1. The number of H-pyrrole nitrogens is 1. The molecule has 0 unspecified atom stereocenters. The van der Waals surface area contributed by atoms with Gasteiger partial charge in [-0.15, -0.1) is 5.10 Å². The van der Waals surface area contributed by atoms with Crippen LogP contribution in [0.2, 0.25) is 0 Å². The molecular weight excluding hydrogens is 451 g/mol. The number of halogens is 1. The number of hydrogen-bond donors (Lipinski definition) is 1. The maximum absolute atomic E-state index is 13.4. The number of carbonyl (C=O) groups excluding carboxylic acids is 1. The molecule has 10 heteroatoms. The van der Waals surface area contributed by atoms with Crippen LogP contribution in [0.1, 0.15) is 36.4 Å². The van der Waals surface area contributed by atoms with Gasteiger partial charge < -0.3 is 9.72 Å². The van der Waals surface area contributed by atoms with Crippen molar-refractivity contribution in [1.82, 2.24) is 30.1 Å². The molecular formula is C25H27FN6O3. The number of ether oxygens (including phenoxy) is 1. The second kappa shape index (κ2) is 11.0. The van der Waals surface area contributed by atoms with Gasteiger partial charge >= 0.3 is 5.97 Å². The Kier molecular flexibility index (Phi) is 7.61. The van der Waals surface area contributed by atoms with Gasteiger partial charge in [-0.05, 0) is 70.6 Å². The number of nitrogens with one attached hydrogen (secondary N) is 1. The Balaban J connectivity index is 1.63. The van der Waals surface area contributed by atoms with Crippen LogP contribution in [0, 0.1) is 5.82 Å². The molecule has 0 fully saturated rings. The maximum atomic E-state index is 13.4. The summed E-state index contributed by atoms with van der Waals surface area (Å²) in [6, 6.07) is 14.1. The van der Waals surface area contributed by atoms with Crippen molar-refractivity contribution in [3.63, 3.8) is 0 Å². The first-order chi connectivity index (χ1) is 16.9. The van der Waals surface area contributed by atoms with Crippen LogP contribution in [-0.2, 0) is 42.1 Å². The fourth-order valence-electron chi connectivity index (χ4n) is 3.88. The number of hydrogen-bond acceptors (Lipinski definition) is 7. The summed E-state index contributed by atoms with van der Waals surface area (Å²) in [6.45, 7) is 4.93. The fourth-order valence-corrected chi connectivity index (χ4v) is 3.88. The lowest BCUT2D eigenvalue weighted by molar-refractivity contribution is -0.144. The van der Waals surface area contributed by atoms with E-state index >= 15 is 0 Å². The Bertz CT molecular complexity index is 1370. The molecule has 0 aliphatic heterocycles. The first kappa shape index (κ1) is 24.2. The molecule has 0 aliphatic rings. The number of carbonyl (C=O) groups is 1. The van der Waals surface area contributed by atoms with E-state index in [1.54, 1.807) is 19.1 Å². The zero-order chi connectivity index (χ0) is 24.8. The lowest BCUT2D eigenvalue weighted by Crippen LogP contribution is -2.28. The molecule has 9 nitrogen and oxygen atoms in total. The first-order valence-electron chi connectivity index (χ1n) is 11.5. The Morgan fingerprint density at radius 1 is 1.06 bits per heavy atom. The number of aromatic amines is 1. The van der Waals surface area contributed by atoms with Crippen molar-refractivity contribution in [3.8, 4) is 0 Å². The van der Waals surface area contributed by atoms with E-state index in [0.717, 1.165) is 22.9 Å².